The van der Waals surface area contributed by atoms with Crippen LogP contribution < -0.4 is 32.7 Å². The summed E-state index contributed by atoms with van der Waals surface area (Å²) in [5, 5.41) is 36.6. The third kappa shape index (κ3) is 20.2. The highest BCUT2D eigenvalue weighted by molar-refractivity contribution is 5.86. The number of aliphatic hydroxyl groups excluding tert-OH is 1. The number of carboxylic acid groups (broad SMARTS) is 2. The van der Waals surface area contributed by atoms with Gasteiger partial charge >= 0.3 is 18.1 Å². The van der Waals surface area contributed by atoms with Crippen LogP contribution in [-0.4, -0.2) is 124 Å². The molecule has 3 atom stereocenters. The first-order valence-corrected chi connectivity index (χ1v) is 21.6. The van der Waals surface area contributed by atoms with Crippen LogP contribution in [-0.2, 0) is 40.1 Å². The third-order valence-electron chi connectivity index (χ3n) is 10.1. The maximum absolute atomic E-state index is 15.0. The molecule has 23 heteroatoms. The molecular formula is C45H61F5N8O10. The van der Waals surface area contributed by atoms with Gasteiger partial charge in [-0.1, -0.05) is 51.1 Å². The first-order chi connectivity index (χ1) is 31.9. The van der Waals surface area contributed by atoms with Gasteiger partial charge in [0.2, 0.25) is 29.5 Å². The predicted octanol–water partition coefficient (Wildman–Crippen LogP) is 2.96. The van der Waals surface area contributed by atoms with Crippen molar-refractivity contribution in [2.45, 2.75) is 96.6 Å². The SMILES string of the molecule is CC(C)(C)[C@H](c1cc(-c2cc(F)ccc2F)cn1Cc1ccccc1)N(CC[C@H](N)C(=O)NCCNC(=O)CNC(=O)CCCC(=O)N[C@@H](CCCCN)C(=O)O)C(=O)CO.O=C(O)C(F)(F)F. The van der Waals surface area contributed by atoms with Crippen molar-refractivity contribution >= 4 is 41.5 Å². The molecule has 18 nitrogen and oxygen atoms in total. The van der Waals surface area contributed by atoms with E-state index in [0.717, 1.165) is 23.8 Å². The number of carboxylic acids is 2. The molecule has 0 saturated heterocycles. The van der Waals surface area contributed by atoms with Crippen LogP contribution in [0.2, 0.25) is 0 Å². The number of halogens is 5. The second-order valence-electron chi connectivity index (χ2n) is 16.6. The van der Waals surface area contributed by atoms with Crippen LogP contribution in [0.4, 0.5) is 22.0 Å². The number of carbonyl (C=O) groups excluding carboxylic acids is 5. The Kier molecular flexibility index (Phi) is 23.8. The van der Waals surface area contributed by atoms with Crippen LogP contribution in [0.5, 0.6) is 0 Å². The molecule has 3 aromatic rings. The molecule has 5 amide bonds. The predicted molar refractivity (Wildman–Crippen MR) is 238 cm³/mol. The number of unbranched alkanes of at least 4 members (excludes halogenated alkanes) is 1. The van der Waals surface area contributed by atoms with E-state index in [2.05, 4.69) is 21.3 Å². The summed E-state index contributed by atoms with van der Waals surface area (Å²) in [6.07, 6.45) is -1.96. The van der Waals surface area contributed by atoms with E-state index < -0.39 is 89.4 Å². The lowest BCUT2D eigenvalue weighted by Crippen LogP contribution is -2.48. The van der Waals surface area contributed by atoms with Gasteiger partial charge in [0.1, 0.15) is 24.3 Å². The molecule has 2 aromatic carbocycles. The molecule has 0 spiro atoms. The summed E-state index contributed by atoms with van der Waals surface area (Å²) in [4.78, 5) is 84.8. The van der Waals surface area contributed by atoms with Crippen molar-refractivity contribution in [3.63, 3.8) is 0 Å². The largest absolute Gasteiger partial charge is 0.490 e. The zero-order valence-corrected chi connectivity index (χ0v) is 38.0. The highest BCUT2D eigenvalue weighted by atomic mass is 19.4. The molecule has 376 valence electrons. The van der Waals surface area contributed by atoms with Gasteiger partial charge in [0.15, 0.2) is 0 Å². The smallest absolute Gasteiger partial charge is 0.480 e. The Morgan fingerprint density at radius 3 is 2.03 bits per heavy atom. The first kappa shape index (κ1) is 57.7. The summed E-state index contributed by atoms with van der Waals surface area (Å²) in [6.45, 7) is 5.24. The van der Waals surface area contributed by atoms with Crippen LogP contribution in [0.15, 0.2) is 60.8 Å². The second-order valence-corrected chi connectivity index (χ2v) is 16.6. The van der Waals surface area contributed by atoms with Gasteiger partial charge in [0.25, 0.3) is 0 Å². The number of benzene rings is 2. The number of aliphatic hydroxyl groups is 1. The van der Waals surface area contributed by atoms with Crippen molar-refractivity contribution < 1.29 is 70.8 Å². The minimum atomic E-state index is -5.08. The van der Waals surface area contributed by atoms with Gasteiger partial charge in [-0.25, -0.2) is 18.4 Å². The van der Waals surface area contributed by atoms with Crippen molar-refractivity contribution in [1.29, 1.82) is 0 Å². The lowest BCUT2D eigenvalue weighted by Gasteiger charge is -2.41. The molecular weight excluding hydrogens is 908 g/mol. The van der Waals surface area contributed by atoms with E-state index in [1.54, 1.807) is 12.3 Å². The average molecular weight is 969 g/mol. The van der Waals surface area contributed by atoms with E-state index in [9.17, 15) is 56.5 Å². The Morgan fingerprint density at radius 1 is 0.809 bits per heavy atom. The Hall–Kier alpha value is -6.46. The molecule has 0 aliphatic heterocycles. The number of nitrogens with zero attached hydrogens (tertiary/aromatic N) is 2. The lowest BCUT2D eigenvalue weighted by atomic mass is 9.82. The molecule has 68 heavy (non-hydrogen) atoms. The van der Waals surface area contributed by atoms with Crippen molar-refractivity contribution in [3.05, 3.63) is 83.7 Å². The Labute approximate surface area is 390 Å². The fraction of sp³-hybridized carbons (Fsp3) is 0.489. The van der Waals surface area contributed by atoms with Gasteiger partial charge in [0, 0.05) is 62.0 Å². The van der Waals surface area contributed by atoms with Gasteiger partial charge in [-0.15, -0.1) is 0 Å². The summed E-state index contributed by atoms with van der Waals surface area (Å²) in [5.41, 5.74) is 12.9. The van der Waals surface area contributed by atoms with Crippen LogP contribution in [0, 0.1) is 17.0 Å². The number of aromatic nitrogens is 1. The molecule has 3 rings (SSSR count). The van der Waals surface area contributed by atoms with Gasteiger partial charge in [0.05, 0.1) is 18.6 Å². The average Bonchev–Trinajstić information content (AvgIpc) is 3.67. The van der Waals surface area contributed by atoms with Crippen LogP contribution in [0.1, 0.15) is 83.0 Å². The van der Waals surface area contributed by atoms with Crippen LogP contribution in [0.25, 0.3) is 11.1 Å². The quantitative estimate of drug-likeness (QED) is 0.0438. The number of carbonyl (C=O) groups is 7. The highest BCUT2D eigenvalue weighted by Gasteiger charge is 2.39. The Balaban J connectivity index is 0.00000209. The zero-order chi connectivity index (χ0) is 51.2. The molecule has 0 aliphatic rings. The summed E-state index contributed by atoms with van der Waals surface area (Å²) < 4.78 is 63.0. The van der Waals surface area contributed by atoms with E-state index in [1.807, 2.05) is 55.7 Å². The number of hydrogen-bond donors (Lipinski definition) is 9. The topological polar surface area (TPSA) is 289 Å². The Bertz CT molecular complexity index is 2150. The molecule has 0 radical (unpaired) electrons. The number of aliphatic carboxylic acids is 2. The molecule has 0 aliphatic carbocycles. The molecule has 0 saturated carbocycles. The standard InChI is InChI=1S/C43H60F2N8O8.C2HF3O2/c1-43(2,3)40(35-22-29(31-23-30(44)15-16-32(31)45)26-52(35)25-28-10-5-4-6-11-28)53(39(58)27-54)21-17-33(47)41(59)49-20-19-48-38(57)24-50-36(55)13-9-14-37(56)51-34(42(60)61)12-7-8-18-46;3-2(4,5)1(6)7/h4-6,10-11,15-16,22-23,26,33-34,40,54H,7-9,12-14,17-21,24-25,27,46-47H2,1-3H3,(H,48,57)(H,49,59)(H,50,55)(H,51,56)(H,60,61);(H,6,7)/t33-,34-,40-;/m0./s1. The monoisotopic (exact) mass is 968 g/mol. The van der Waals surface area contributed by atoms with E-state index in [0.29, 0.717) is 37.2 Å². The zero-order valence-electron chi connectivity index (χ0n) is 38.0. The number of alkyl halides is 3. The molecule has 11 N–H and O–H groups in total. The minimum absolute atomic E-state index is 0.00120. The Morgan fingerprint density at radius 2 is 1.44 bits per heavy atom. The molecule has 0 bridgehead atoms. The number of hydrogen-bond acceptors (Lipinski definition) is 10. The van der Waals surface area contributed by atoms with Gasteiger partial charge in [-0.2, -0.15) is 13.2 Å². The number of nitrogens with two attached hydrogens (primary N) is 2. The summed E-state index contributed by atoms with van der Waals surface area (Å²) >= 11 is 0. The van der Waals surface area contributed by atoms with E-state index in [4.69, 9.17) is 21.4 Å². The van der Waals surface area contributed by atoms with Crippen molar-refractivity contribution in [2.75, 3.05) is 39.3 Å². The first-order valence-electron chi connectivity index (χ1n) is 21.6. The van der Waals surface area contributed by atoms with Crippen LogP contribution in [0.3, 0.4) is 0 Å². The highest BCUT2D eigenvalue weighted by Crippen LogP contribution is 2.41. The van der Waals surface area contributed by atoms with E-state index >= 15 is 4.39 Å². The van der Waals surface area contributed by atoms with Crippen molar-refractivity contribution in [3.8, 4) is 11.1 Å². The fourth-order valence-corrected chi connectivity index (χ4v) is 6.78. The molecule has 0 unspecified atom stereocenters. The van der Waals surface area contributed by atoms with Crippen molar-refractivity contribution in [1.82, 2.24) is 30.7 Å². The molecule has 1 heterocycles. The van der Waals surface area contributed by atoms with Crippen LogP contribution >= 0.6 is 0 Å². The van der Waals surface area contributed by atoms with Gasteiger partial charge in [-0.3, -0.25) is 24.0 Å². The number of rotatable bonds is 25. The van der Waals surface area contributed by atoms with Crippen molar-refractivity contribution in [2.24, 2.45) is 16.9 Å². The van der Waals surface area contributed by atoms with E-state index in [-0.39, 0.29) is 63.8 Å². The van der Waals surface area contributed by atoms with E-state index in [1.165, 1.54) is 4.90 Å². The third-order valence-corrected chi connectivity index (χ3v) is 10.1. The molecule has 0 fully saturated rings. The summed E-state index contributed by atoms with van der Waals surface area (Å²) in [5.74, 6) is -7.84. The van der Waals surface area contributed by atoms with Gasteiger partial charge < -0.3 is 57.5 Å². The normalized spacial score (nSPS) is 12.6. The maximum atomic E-state index is 15.0. The number of amides is 5. The second kappa shape index (κ2) is 28.0. The lowest BCUT2D eigenvalue weighted by molar-refractivity contribution is -0.192. The summed E-state index contributed by atoms with van der Waals surface area (Å²) in [6, 6.07) is 11.5. The van der Waals surface area contributed by atoms with Gasteiger partial charge in [-0.05, 0) is 73.9 Å². The number of nitrogens with one attached hydrogen (secondary N) is 4. The maximum Gasteiger partial charge on any atom is 0.490 e. The minimum Gasteiger partial charge on any atom is -0.480 e. The fourth-order valence-electron chi connectivity index (χ4n) is 6.78. The summed E-state index contributed by atoms with van der Waals surface area (Å²) in [7, 11) is 0. The molecule has 1 aromatic heterocycles.